The molecule has 0 saturated carbocycles. The highest BCUT2D eigenvalue weighted by molar-refractivity contribution is 14.1. The molecule has 22 heavy (non-hydrogen) atoms. The minimum atomic E-state index is -3.61. The monoisotopic (exact) mass is 430 g/mol. The molecule has 0 spiro atoms. The second kappa shape index (κ2) is 7.10. The highest BCUT2D eigenvalue weighted by Crippen LogP contribution is 2.19. The SMILES string of the molecule is CCC(=O)Nc1ccc(NS(=O)(=O)c2ccc(I)cc2)cc1. The van der Waals surface area contributed by atoms with Crippen LogP contribution in [-0.4, -0.2) is 14.3 Å². The topological polar surface area (TPSA) is 75.3 Å². The smallest absolute Gasteiger partial charge is 0.261 e. The number of amides is 1. The fraction of sp³-hybridized carbons (Fsp3) is 0.133. The van der Waals surface area contributed by atoms with Crippen LogP contribution < -0.4 is 10.0 Å². The van der Waals surface area contributed by atoms with E-state index in [1.54, 1.807) is 55.5 Å². The van der Waals surface area contributed by atoms with Crippen molar-refractivity contribution in [3.63, 3.8) is 0 Å². The first-order valence-corrected chi connectivity index (χ1v) is 9.15. The van der Waals surface area contributed by atoms with E-state index >= 15 is 0 Å². The third-order valence-electron chi connectivity index (χ3n) is 2.87. The predicted molar refractivity (Wildman–Crippen MR) is 95.3 cm³/mol. The number of benzene rings is 2. The van der Waals surface area contributed by atoms with Crippen molar-refractivity contribution in [2.45, 2.75) is 18.2 Å². The predicted octanol–water partition coefficient (Wildman–Crippen LogP) is 3.44. The second-order valence-corrected chi connectivity index (χ2v) is 7.47. The maximum Gasteiger partial charge on any atom is 0.261 e. The molecule has 0 unspecified atom stereocenters. The molecule has 0 bridgehead atoms. The van der Waals surface area contributed by atoms with E-state index in [4.69, 9.17) is 0 Å². The summed E-state index contributed by atoms with van der Waals surface area (Å²) in [6.07, 6.45) is 0.390. The van der Waals surface area contributed by atoms with Crippen LogP contribution in [0, 0.1) is 3.57 Å². The summed E-state index contributed by atoms with van der Waals surface area (Å²) >= 11 is 2.11. The number of sulfonamides is 1. The average Bonchev–Trinajstić information content (AvgIpc) is 2.49. The molecule has 0 atom stereocenters. The standard InChI is InChI=1S/C15H15IN2O3S/c1-2-15(19)17-12-5-7-13(8-6-12)18-22(20,21)14-9-3-11(16)4-10-14/h3-10,18H,2H2,1H3,(H,17,19). The molecule has 0 fully saturated rings. The van der Waals surface area contributed by atoms with Crippen molar-refractivity contribution < 1.29 is 13.2 Å². The molecular weight excluding hydrogens is 415 g/mol. The molecule has 0 aliphatic rings. The summed E-state index contributed by atoms with van der Waals surface area (Å²) in [5.41, 5.74) is 1.07. The maximum absolute atomic E-state index is 12.2. The average molecular weight is 430 g/mol. The molecular formula is C15H15IN2O3S. The first kappa shape index (κ1) is 16.8. The molecule has 0 aromatic heterocycles. The molecule has 0 heterocycles. The van der Waals surface area contributed by atoms with Gasteiger partial charge in [0, 0.05) is 21.4 Å². The van der Waals surface area contributed by atoms with Crippen molar-refractivity contribution in [1.29, 1.82) is 0 Å². The molecule has 1 amide bonds. The summed E-state index contributed by atoms with van der Waals surface area (Å²) in [5, 5.41) is 2.70. The number of hydrogen-bond acceptors (Lipinski definition) is 3. The Labute approximate surface area is 143 Å². The fourth-order valence-corrected chi connectivity index (χ4v) is 3.12. The number of nitrogens with one attached hydrogen (secondary N) is 2. The summed E-state index contributed by atoms with van der Waals surface area (Å²) in [4.78, 5) is 11.5. The van der Waals surface area contributed by atoms with Gasteiger partial charge < -0.3 is 5.32 Å². The lowest BCUT2D eigenvalue weighted by molar-refractivity contribution is -0.115. The van der Waals surface area contributed by atoms with Gasteiger partial charge in [0.15, 0.2) is 0 Å². The van der Waals surface area contributed by atoms with Crippen molar-refractivity contribution in [1.82, 2.24) is 0 Å². The van der Waals surface area contributed by atoms with Crippen LogP contribution >= 0.6 is 22.6 Å². The summed E-state index contributed by atoms with van der Waals surface area (Å²) < 4.78 is 27.9. The lowest BCUT2D eigenvalue weighted by Crippen LogP contribution is -2.13. The third kappa shape index (κ3) is 4.44. The minimum absolute atomic E-state index is 0.0905. The normalized spacial score (nSPS) is 11.0. The van der Waals surface area contributed by atoms with E-state index in [-0.39, 0.29) is 10.8 Å². The van der Waals surface area contributed by atoms with E-state index in [1.165, 1.54) is 0 Å². The number of hydrogen-bond donors (Lipinski definition) is 2. The lowest BCUT2D eigenvalue weighted by Gasteiger charge is -2.09. The van der Waals surface area contributed by atoms with Crippen LogP contribution in [0.1, 0.15) is 13.3 Å². The summed E-state index contributed by atoms with van der Waals surface area (Å²) in [5.74, 6) is -0.0905. The number of carbonyl (C=O) groups is 1. The first-order chi connectivity index (χ1) is 10.4. The van der Waals surface area contributed by atoms with Gasteiger partial charge in [0.2, 0.25) is 5.91 Å². The highest BCUT2D eigenvalue weighted by Gasteiger charge is 2.13. The Morgan fingerprint density at radius 1 is 1.00 bits per heavy atom. The molecule has 2 N–H and O–H groups in total. The van der Waals surface area contributed by atoms with Crippen LogP contribution in [0.25, 0.3) is 0 Å². The molecule has 7 heteroatoms. The Kier molecular flexibility index (Phi) is 5.41. The zero-order valence-corrected chi connectivity index (χ0v) is 14.8. The van der Waals surface area contributed by atoms with Gasteiger partial charge in [0.25, 0.3) is 10.0 Å². The highest BCUT2D eigenvalue weighted by atomic mass is 127. The number of carbonyl (C=O) groups excluding carboxylic acids is 1. The van der Waals surface area contributed by atoms with Crippen molar-refractivity contribution in [2.75, 3.05) is 10.0 Å². The van der Waals surface area contributed by atoms with Crippen LogP contribution in [0.3, 0.4) is 0 Å². The van der Waals surface area contributed by atoms with Crippen molar-refractivity contribution >= 4 is 49.9 Å². The summed E-state index contributed by atoms with van der Waals surface area (Å²) in [7, 11) is -3.61. The number of anilines is 2. The van der Waals surface area contributed by atoms with E-state index in [0.717, 1.165) is 3.57 Å². The van der Waals surface area contributed by atoms with E-state index in [1.807, 2.05) is 0 Å². The third-order valence-corrected chi connectivity index (χ3v) is 4.98. The zero-order chi connectivity index (χ0) is 16.2. The maximum atomic E-state index is 12.2. The second-order valence-electron chi connectivity index (χ2n) is 4.54. The van der Waals surface area contributed by atoms with Gasteiger partial charge in [-0.1, -0.05) is 6.92 Å². The van der Waals surface area contributed by atoms with Gasteiger partial charge in [0.1, 0.15) is 0 Å². The zero-order valence-electron chi connectivity index (χ0n) is 11.8. The Balaban J connectivity index is 2.13. The van der Waals surface area contributed by atoms with Gasteiger partial charge in [-0.15, -0.1) is 0 Å². The molecule has 2 aromatic carbocycles. The Morgan fingerprint density at radius 3 is 2.09 bits per heavy atom. The molecule has 116 valence electrons. The van der Waals surface area contributed by atoms with Crippen molar-refractivity contribution in [3.05, 3.63) is 52.1 Å². The van der Waals surface area contributed by atoms with Crippen molar-refractivity contribution in [3.8, 4) is 0 Å². The molecule has 5 nitrogen and oxygen atoms in total. The van der Waals surface area contributed by atoms with Crippen LogP contribution in [0.5, 0.6) is 0 Å². The van der Waals surface area contributed by atoms with Crippen LogP contribution in [-0.2, 0) is 14.8 Å². The molecule has 0 aliphatic heterocycles. The van der Waals surface area contributed by atoms with Gasteiger partial charge in [0.05, 0.1) is 4.90 Å². The largest absolute Gasteiger partial charge is 0.326 e. The van der Waals surface area contributed by atoms with Gasteiger partial charge >= 0.3 is 0 Å². The molecule has 0 radical (unpaired) electrons. The van der Waals surface area contributed by atoms with Gasteiger partial charge in [-0.2, -0.15) is 0 Å². The van der Waals surface area contributed by atoms with E-state index in [2.05, 4.69) is 32.6 Å². The number of halogens is 1. The van der Waals surface area contributed by atoms with Crippen LogP contribution in [0.4, 0.5) is 11.4 Å². The summed E-state index contributed by atoms with van der Waals surface area (Å²) in [6.45, 7) is 1.76. The van der Waals surface area contributed by atoms with Crippen molar-refractivity contribution in [2.24, 2.45) is 0 Å². The van der Waals surface area contributed by atoms with E-state index < -0.39 is 10.0 Å². The summed E-state index contributed by atoms with van der Waals surface area (Å²) in [6, 6.07) is 13.1. The van der Waals surface area contributed by atoms with Gasteiger partial charge in [-0.25, -0.2) is 8.42 Å². The van der Waals surface area contributed by atoms with E-state index in [0.29, 0.717) is 17.8 Å². The lowest BCUT2D eigenvalue weighted by atomic mass is 10.3. The molecule has 0 saturated heterocycles. The quantitative estimate of drug-likeness (QED) is 0.714. The Bertz CT molecular complexity index is 756. The van der Waals surface area contributed by atoms with Crippen LogP contribution in [0.2, 0.25) is 0 Å². The fourth-order valence-electron chi connectivity index (χ4n) is 1.70. The number of rotatable bonds is 5. The van der Waals surface area contributed by atoms with E-state index in [9.17, 15) is 13.2 Å². The molecule has 2 rings (SSSR count). The molecule has 2 aromatic rings. The minimum Gasteiger partial charge on any atom is -0.326 e. The van der Waals surface area contributed by atoms with Gasteiger partial charge in [-0.05, 0) is 71.1 Å². The van der Waals surface area contributed by atoms with Crippen LogP contribution in [0.15, 0.2) is 53.4 Å². The van der Waals surface area contributed by atoms with Gasteiger partial charge in [-0.3, -0.25) is 9.52 Å². The Hall–Kier alpha value is -1.61. The Morgan fingerprint density at radius 2 is 1.55 bits per heavy atom. The first-order valence-electron chi connectivity index (χ1n) is 6.59. The molecule has 0 aliphatic carbocycles.